The molecule has 2 aliphatic carbocycles. The number of aromatic nitrogens is 2. The van der Waals surface area contributed by atoms with Crippen molar-refractivity contribution in [3.05, 3.63) is 58.9 Å². The zero-order valence-corrected chi connectivity index (χ0v) is 17.4. The lowest BCUT2D eigenvalue weighted by Crippen LogP contribution is -2.42. The van der Waals surface area contributed by atoms with E-state index in [0.29, 0.717) is 24.1 Å². The van der Waals surface area contributed by atoms with Crippen LogP contribution in [0.3, 0.4) is 0 Å². The summed E-state index contributed by atoms with van der Waals surface area (Å²) in [6.45, 7) is 4.17. The zero-order valence-electron chi connectivity index (χ0n) is 17.4. The molecule has 6 nitrogen and oxygen atoms in total. The number of benzene rings is 1. The number of piperidine rings is 1. The Balaban J connectivity index is 1.07. The zero-order chi connectivity index (χ0) is 20.7. The van der Waals surface area contributed by atoms with Gasteiger partial charge in [0.05, 0.1) is 5.92 Å². The molecular formula is C24H28N4O2. The van der Waals surface area contributed by atoms with Crippen molar-refractivity contribution < 1.29 is 9.59 Å². The molecule has 0 bridgehead atoms. The standard InChI is InChI=1S/C24H28N4O2/c1-15-21(18-5-3-2-4-6-18)22(15)23(29)25-14-16-9-11-28(12-10-16)24(30)20-13-19(26-27-20)17-7-8-17/h2-6,13,16-17,22H,7-12,14H2,1H3,(H,25,29)(H,26,27)/t22-/m0/s1. The van der Waals surface area contributed by atoms with Crippen LogP contribution in [-0.2, 0) is 4.79 Å². The number of nitrogens with one attached hydrogen (secondary N) is 2. The van der Waals surface area contributed by atoms with Crippen molar-refractivity contribution in [3.8, 4) is 0 Å². The van der Waals surface area contributed by atoms with Crippen LogP contribution in [0.25, 0.3) is 5.57 Å². The fourth-order valence-corrected chi connectivity index (χ4v) is 4.57. The fraction of sp³-hybridized carbons (Fsp3) is 0.458. The number of aromatic amines is 1. The number of carbonyl (C=O) groups excluding carboxylic acids is 2. The summed E-state index contributed by atoms with van der Waals surface area (Å²) in [7, 11) is 0. The molecule has 2 N–H and O–H groups in total. The van der Waals surface area contributed by atoms with Crippen LogP contribution >= 0.6 is 0 Å². The second kappa shape index (κ2) is 7.74. The summed E-state index contributed by atoms with van der Waals surface area (Å²) in [5.74, 6) is 1.04. The minimum atomic E-state index is -0.0746. The van der Waals surface area contributed by atoms with Crippen molar-refractivity contribution in [2.45, 2.75) is 38.5 Å². The minimum Gasteiger partial charge on any atom is -0.355 e. The molecule has 1 saturated carbocycles. The largest absolute Gasteiger partial charge is 0.355 e. The summed E-state index contributed by atoms with van der Waals surface area (Å²) in [4.78, 5) is 27.2. The molecule has 30 heavy (non-hydrogen) atoms. The molecule has 6 heteroatoms. The molecule has 1 aromatic heterocycles. The lowest BCUT2D eigenvalue weighted by molar-refractivity contribution is -0.121. The Morgan fingerprint density at radius 2 is 1.87 bits per heavy atom. The Morgan fingerprint density at radius 3 is 2.57 bits per heavy atom. The quantitative estimate of drug-likeness (QED) is 0.775. The van der Waals surface area contributed by atoms with Crippen molar-refractivity contribution in [1.82, 2.24) is 20.4 Å². The van der Waals surface area contributed by atoms with Crippen LogP contribution in [0, 0.1) is 11.8 Å². The van der Waals surface area contributed by atoms with Crippen LogP contribution in [0.4, 0.5) is 0 Å². The number of nitrogens with zero attached hydrogens (tertiary/aromatic N) is 2. The van der Waals surface area contributed by atoms with Gasteiger partial charge in [0.1, 0.15) is 5.69 Å². The Labute approximate surface area is 176 Å². The van der Waals surface area contributed by atoms with Crippen LogP contribution in [0.2, 0.25) is 0 Å². The predicted molar refractivity (Wildman–Crippen MR) is 115 cm³/mol. The van der Waals surface area contributed by atoms with Crippen molar-refractivity contribution in [2.24, 2.45) is 11.8 Å². The third-order valence-electron chi connectivity index (χ3n) is 6.71. The van der Waals surface area contributed by atoms with Gasteiger partial charge in [-0.15, -0.1) is 0 Å². The molecule has 5 rings (SSSR count). The van der Waals surface area contributed by atoms with Gasteiger partial charge in [0.2, 0.25) is 5.91 Å². The maximum absolute atomic E-state index is 12.7. The van der Waals surface area contributed by atoms with Gasteiger partial charge in [-0.2, -0.15) is 5.10 Å². The first-order chi connectivity index (χ1) is 14.6. The van der Waals surface area contributed by atoms with Gasteiger partial charge in [-0.25, -0.2) is 0 Å². The van der Waals surface area contributed by atoms with Gasteiger partial charge in [0.25, 0.3) is 5.91 Å². The van der Waals surface area contributed by atoms with E-state index in [2.05, 4.69) is 27.6 Å². The Hall–Kier alpha value is -2.89. The monoisotopic (exact) mass is 404 g/mol. The maximum Gasteiger partial charge on any atom is 0.274 e. The van der Waals surface area contributed by atoms with E-state index in [-0.39, 0.29) is 17.7 Å². The second-order valence-corrected chi connectivity index (χ2v) is 8.86. The minimum absolute atomic E-state index is 0.0194. The number of likely N-dealkylation sites (tertiary alicyclic amines) is 1. The van der Waals surface area contributed by atoms with Gasteiger partial charge < -0.3 is 10.2 Å². The highest BCUT2D eigenvalue weighted by atomic mass is 16.2. The fourth-order valence-electron chi connectivity index (χ4n) is 4.57. The molecule has 0 spiro atoms. The molecule has 3 aliphatic rings. The number of hydrogen-bond donors (Lipinski definition) is 2. The van der Waals surface area contributed by atoms with Crippen LogP contribution in [0.15, 0.2) is 42.0 Å². The molecule has 2 aromatic rings. The molecule has 2 fully saturated rings. The smallest absolute Gasteiger partial charge is 0.274 e. The first-order valence-corrected chi connectivity index (χ1v) is 11.0. The van der Waals surface area contributed by atoms with E-state index in [0.717, 1.165) is 42.8 Å². The van der Waals surface area contributed by atoms with Crippen LogP contribution < -0.4 is 5.32 Å². The molecule has 1 aromatic carbocycles. The van der Waals surface area contributed by atoms with E-state index < -0.39 is 0 Å². The highest BCUT2D eigenvalue weighted by Crippen LogP contribution is 2.46. The van der Waals surface area contributed by atoms with Crippen molar-refractivity contribution in [3.63, 3.8) is 0 Å². The van der Waals surface area contributed by atoms with E-state index in [4.69, 9.17) is 0 Å². The van der Waals surface area contributed by atoms with Gasteiger partial charge in [-0.1, -0.05) is 35.9 Å². The van der Waals surface area contributed by atoms with Crippen LogP contribution in [0.1, 0.15) is 60.3 Å². The summed E-state index contributed by atoms with van der Waals surface area (Å²) in [6, 6.07) is 12.0. The molecular weight excluding hydrogens is 376 g/mol. The van der Waals surface area contributed by atoms with Gasteiger partial charge in [-0.05, 0) is 55.7 Å². The summed E-state index contributed by atoms with van der Waals surface area (Å²) < 4.78 is 0. The second-order valence-electron chi connectivity index (χ2n) is 8.86. The number of hydrogen-bond acceptors (Lipinski definition) is 3. The summed E-state index contributed by atoms with van der Waals surface area (Å²) in [5, 5.41) is 10.4. The summed E-state index contributed by atoms with van der Waals surface area (Å²) in [5.41, 5.74) is 5.11. The maximum atomic E-state index is 12.7. The van der Waals surface area contributed by atoms with Crippen molar-refractivity contribution in [1.29, 1.82) is 0 Å². The first kappa shape index (κ1) is 19.1. The molecule has 2 amide bonds. The molecule has 156 valence electrons. The third-order valence-corrected chi connectivity index (χ3v) is 6.71. The SMILES string of the molecule is CC1=C(c2ccccc2)[C@H]1C(=O)NCC1CCN(C(=O)c2cc(C3CC3)[nH]n2)CC1. The van der Waals surface area contributed by atoms with Crippen molar-refractivity contribution >= 4 is 17.4 Å². The van der Waals surface area contributed by atoms with E-state index in [1.165, 1.54) is 18.4 Å². The number of amides is 2. The highest BCUT2D eigenvalue weighted by Gasteiger charge is 2.40. The normalized spacial score (nSPS) is 21.6. The third kappa shape index (κ3) is 3.78. The molecule has 1 aliphatic heterocycles. The lowest BCUT2D eigenvalue weighted by atomic mass is 9.96. The van der Waals surface area contributed by atoms with Gasteiger partial charge in [0, 0.05) is 31.2 Å². The molecule has 0 unspecified atom stereocenters. The first-order valence-electron chi connectivity index (χ1n) is 11.0. The molecule has 0 radical (unpaired) electrons. The van der Waals surface area contributed by atoms with Crippen LogP contribution in [-0.4, -0.2) is 46.5 Å². The Kier molecular flexibility index (Phi) is 4.93. The van der Waals surface area contributed by atoms with E-state index in [1.807, 2.05) is 36.1 Å². The number of H-pyrrole nitrogens is 1. The van der Waals surface area contributed by atoms with E-state index in [9.17, 15) is 9.59 Å². The van der Waals surface area contributed by atoms with Crippen molar-refractivity contribution in [2.75, 3.05) is 19.6 Å². The van der Waals surface area contributed by atoms with E-state index >= 15 is 0 Å². The Morgan fingerprint density at radius 1 is 1.13 bits per heavy atom. The van der Waals surface area contributed by atoms with Gasteiger partial charge >= 0.3 is 0 Å². The van der Waals surface area contributed by atoms with Gasteiger partial charge in [-0.3, -0.25) is 14.7 Å². The molecule has 2 heterocycles. The Bertz CT molecular complexity index is 982. The highest BCUT2D eigenvalue weighted by molar-refractivity contribution is 6.05. The summed E-state index contributed by atoms with van der Waals surface area (Å²) in [6.07, 6.45) is 4.20. The number of rotatable bonds is 6. The van der Waals surface area contributed by atoms with E-state index in [1.54, 1.807) is 0 Å². The number of carbonyl (C=O) groups is 2. The van der Waals surface area contributed by atoms with Crippen LogP contribution in [0.5, 0.6) is 0 Å². The average molecular weight is 405 g/mol. The molecule has 1 atom stereocenters. The van der Waals surface area contributed by atoms with Gasteiger partial charge in [0.15, 0.2) is 0 Å². The molecule has 1 saturated heterocycles. The summed E-state index contributed by atoms with van der Waals surface area (Å²) >= 11 is 0. The predicted octanol–water partition coefficient (Wildman–Crippen LogP) is 3.36. The average Bonchev–Trinajstić information content (AvgIpc) is 3.69. The topological polar surface area (TPSA) is 78.1 Å². The lowest BCUT2D eigenvalue weighted by Gasteiger charge is -2.31.